The highest BCUT2D eigenvalue weighted by atomic mass is 16.1. The van der Waals surface area contributed by atoms with Crippen LogP contribution in [0.1, 0.15) is 37.8 Å². The van der Waals surface area contributed by atoms with E-state index in [1.807, 2.05) is 18.2 Å². The summed E-state index contributed by atoms with van der Waals surface area (Å²) in [6, 6.07) is 7.24. The maximum absolute atomic E-state index is 12.0. The van der Waals surface area contributed by atoms with Crippen LogP contribution in [0.15, 0.2) is 35.3 Å². The lowest BCUT2D eigenvalue weighted by molar-refractivity contribution is 0.341. The second-order valence-electron chi connectivity index (χ2n) is 5.65. The lowest BCUT2D eigenvalue weighted by Crippen LogP contribution is -2.25. The highest BCUT2D eigenvalue weighted by molar-refractivity contribution is 5.37. The normalized spacial score (nSPS) is 16.6. The average molecular weight is 271 g/mol. The molecule has 0 saturated heterocycles. The van der Waals surface area contributed by atoms with Crippen LogP contribution < -0.4 is 10.9 Å². The largest absolute Gasteiger partial charge is 0.311 e. The smallest absolute Gasteiger partial charge is 0.258 e. The van der Waals surface area contributed by atoms with Gasteiger partial charge in [-0.05, 0) is 37.4 Å². The first-order valence-electron chi connectivity index (χ1n) is 7.51. The summed E-state index contributed by atoms with van der Waals surface area (Å²) < 4.78 is 1.57. The highest BCUT2D eigenvalue weighted by Crippen LogP contribution is 2.22. The molecule has 0 aromatic carbocycles. The summed E-state index contributed by atoms with van der Waals surface area (Å²) in [5, 5.41) is 3.45. The molecule has 1 fully saturated rings. The Morgan fingerprint density at radius 3 is 2.95 bits per heavy atom. The SMILES string of the molecule is O=c1cc(CNCC2CCCCC2)nc2ccccn12. The van der Waals surface area contributed by atoms with Crippen molar-refractivity contribution < 1.29 is 0 Å². The molecular formula is C16H21N3O. The predicted molar refractivity (Wildman–Crippen MR) is 79.7 cm³/mol. The Balaban J connectivity index is 1.64. The number of nitrogens with zero attached hydrogens (tertiary/aromatic N) is 2. The third-order valence-electron chi connectivity index (χ3n) is 4.09. The first-order chi connectivity index (χ1) is 9.83. The molecule has 1 saturated carbocycles. The topological polar surface area (TPSA) is 46.4 Å². The molecule has 0 atom stereocenters. The van der Waals surface area contributed by atoms with Crippen LogP contribution in [0.3, 0.4) is 0 Å². The Hall–Kier alpha value is -1.68. The fourth-order valence-electron chi connectivity index (χ4n) is 2.99. The Morgan fingerprint density at radius 2 is 2.10 bits per heavy atom. The molecule has 2 aromatic rings. The minimum Gasteiger partial charge on any atom is -0.311 e. The van der Waals surface area contributed by atoms with Gasteiger partial charge < -0.3 is 5.32 Å². The molecule has 2 heterocycles. The van der Waals surface area contributed by atoms with E-state index in [1.54, 1.807) is 16.7 Å². The van der Waals surface area contributed by atoms with Crippen molar-refractivity contribution in [3.8, 4) is 0 Å². The molecule has 0 amide bonds. The number of nitrogens with one attached hydrogen (secondary N) is 1. The second-order valence-corrected chi connectivity index (χ2v) is 5.65. The van der Waals surface area contributed by atoms with Crippen LogP contribution in [0.4, 0.5) is 0 Å². The molecule has 0 bridgehead atoms. The minimum atomic E-state index is -0.00920. The third kappa shape index (κ3) is 3.07. The van der Waals surface area contributed by atoms with Crippen molar-refractivity contribution in [2.75, 3.05) is 6.54 Å². The molecule has 1 aliphatic rings. The summed E-state index contributed by atoms with van der Waals surface area (Å²) in [5.74, 6) is 0.797. The Bertz CT molecular complexity index is 629. The molecule has 106 valence electrons. The van der Waals surface area contributed by atoms with Crippen LogP contribution in [-0.2, 0) is 6.54 Å². The van der Waals surface area contributed by atoms with Crippen molar-refractivity contribution in [2.24, 2.45) is 5.92 Å². The molecular weight excluding hydrogens is 250 g/mol. The van der Waals surface area contributed by atoms with Crippen LogP contribution >= 0.6 is 0 Å². The fourth-order valence-corrected chi connectivity index (χ4v) is 2.99. The van der Waals surface area contributed by atoms with Gasteiger partial charge in [0.25, 0.3) is 5.56 Å². The van der Waals surface area contributed by atoms with Crippen LogP contribution in [0, 0.1) is 5.92 Å². The van der Waals surface area contributed by atoms with E-state index in [4.69, 9.17) is 0 Å². The van der Waals surface area contributed by atoms with E-state index in [9.17, 15) is 4.79 Å². The van der Waals surface area contributed by atoms with Gasteiger partial charge in [-0.25, -0.2) is 4.98 Å². The standard InChI is InChI=1S/C16H21N3O/c20-16-10-14(18-15-8-4-5-9-19(15)16)12-17-11-13-6-2-1-3-7-13/h4-5,8-10,13,17H,1-3,6-7,11-12H2. The molecule has 3 rings (SSSR count). The van der Waals surface area contributed by atoms with E-state index in [1.165, 1.54) is 32.1 Å². The minimum absolute atomic E-state index is 0.00920. The van der Waals surface area contributed by atoms with Gasteiger partial charge in [-0.2, -0.15) is 0 Å². The number of aromatic nitrogens is 2. The number of rotatable bonds is 4. The zero-order valence-electron chi connectivity index (χ0n) is 11.7. The van der Waals surface area contributed by atoms with E-state index < -0.39 is 0 Å². The van der Waals surface area contributed by atoms with Gasteiger partial charge in [0.15, 0.2) is 0 Å². The number of fused-ring (bicyclic) bond motifs is 1. The van der Waals surface area contributed by atoms with Gasteiger partial charge in [0.1, 0.15) is 5.65 Å². The van der Waals surface area contributed by atoms with Gasteiger partial charge in [-0.1, -0.05) is 25.3 Å². The summed E-state index contributed by atoms with van der Waals surface area (Å²) in [5.41, 5.74) is 1.54. The molecule has 4 heteroatoms. The Morgan fingerprint density at radius 1 is 1.25 bits per heavy atom. The summed E-state index contributed by atoms with van der Waals surface area (Å²) in [7, 11) is 0. The van der Waals surface area contributed by atoms with E-state index in [0.717, 1.165) is 23.8 Å². The van der Waals surface area contributed by atoms with Crippen molar-refractivity contribution >= 4 is 5.65 Å². The monoisotopic (exact) mass is 271 g/mol. The van der Waals surface area contributed by atoms with Crippen molar-refractivity contribution in [1.29, 1.82) is 0 Å². The fraction of sp³-hybridized carbons (Fsp3) is 0.500. The Kier molecular flexibility index (Phi) is 4.11. The summed E-state index contributed by atoms with van der Waals surface area (Å²) >= 11 is 0. The van der Waals surface area contributed by atoms with Crippen molar-refractivity contribution in [1.82, 2.24) is 14.7 Å². The highest BCUT2D eigenvalue weighted by Gasteiger charge is 2.12. The summed E-state index contributed by atoms with van der Waals surface area (Å²) in [6.07, 6.45) is 8.54. The number of pyridine rings is 1. The lowest BCUT2D eigenvalue weighted by Gasteiger charge is -2.21. The maximum Gasteiger partial charge on any atom is 0.258 e. The zero-order valence-corrected chi connectivity index (χ0v) is 11.7. The van der Waals surface area contributed by atoms with E-state index in [0.29, 0.717) is 6.54 Å². The van der Waals surface area contributed by atoms with Crippen molar-refractivity contribution in [3.05, 3.63) is 46.5 Å². The van der Waals surface area contributed by atoms with Gasteiger partial charge >= 0.3 is 0 Å². The average Bonchev–Trinajstić information content (AvgIpc) is 2.48. The molecule has 1 aliphatic carbocycles. The third-order valence-corrected chi connectivity index (χ3v) is 4.09. The number of hydrogen-bond acceptors (Lipinski definition) is 3. The van der Waals surface area contributed by atoms with Crippen LogP contribution in [0.5, 0.6) is 0 Å². The van der Waals surface area contributed by atoms with E-state index >= 15 is 0 Å². The van der Waals surface area contributed by atoms with Gasteiger partial charge in [-0.15, -0.1) is 0 Å². The molecule has 0 unspecified atom stereocenters. The van der Waals surface area contributed by atoms with Gasteiger partial charge in [0.2, 0.25) is 0 Å². The van der Waals surface area contributed by atoms with Gasteiger partial charge in [-0.3, -0.25) is 9.20 Å². The van der Waals surface area contributed by atoms with Gasteiger partial charge in [0, 0.05) is 18.8 Å². The first-order valence-corrected chi connectivity index (χ1v) is 7.51. The van der Waals surface area contributed by atoms with Crippen LogP contribution in [0.2, 0.25) is 0 Å². The molecule has 0 radical (unpaired) electrons. The van der Waals surface area contributed by atoms with E-state index in [-0.39, 0.29) is 5.56 Å². The zero-order chi connectivity index (χ0) is 13.8. The molecule has 0 spiro atoms. The van der Waals surface area contributed by atoms with Crippen molar-refractivity contribution in [3.63, 3.8) is 0 Å². The maximum atomic E-state index is 12.0. The second kappa shape index (κ2) is 6.18. The molecule has 20 heavy (non-hydrogen) atoms. The van der Waals surface area contributed by atoms with Crippen LogP contribution in [0.25, 0.3) is 5.65 Å². The quantitative estimate of drug-likeness (QED) is 0.928. The molecule has 2 aromatic heterocycles. The molecule has 4 nitrogen and oxygen atoms in total. The molecule has 1 N–H and O–H groups in total. The van der Waals surface area contributed by atoms with Crippen LogP contribution in [-0.4, -0.2) is 15.9 Å². The molecule has 0 aliphatic heterocycles. The predicted octanol–water partition coefficient (Wildman–Crippen LogP) is 2.36. The first kappa shape index (κ1) is 13.3. The van der Waals surface area contributed by atoms with E-state index in [2.05, 4.69) is 10.3 Å². The summed E-state index contributed by atoms with van der Waals surface area (Å²) in [4.78, 5) is 16.5. The Labute approximate surface area is 118 Å². The lowest BCUT2D eigenvalue weighted by atomic mass is 9.89. The van der Waals surface area contributed by atoms with Gasteiger partial charge in [0.05, 0.1) is 5.69 Å². The van der Waals surface area contributed by atoms with Crippen molar-refractivity contribution in [2.45, 2.75) is 38.6 Å². The number of hydrogen-bond donors (Lipinski definition) is 1. The summed E-state index contributed by atoms with van der Waals surface area (Å²) in [6.45, 7) is 1.72.